The van der Waals surface area contributed by atoms with Crippen LogP contribution in [0.4, 0.5) is 4.39 Å². The molecule has 3 aromatic rings. The molecular formula is C23H16FNO4. The van der Waals surface area contributed by atoms with Gasteiger partial charge in [0, 0.05) is 11.6 Å². The van der Waals surface area contributed by atoms with Crippen LogP contribution in [0, 0.1) is 17.1 Å². The van der Waals surface area contributed by atoms with Crippen LogP contribution in [-0.2, 0) is 4.74 Å². The van der Waals surface area contributed by atoms with E-state index in [9.17, 15) is 19.2 Å². The number of esters is 1. The largest absolute Gasteiger partial charge is 0.462 e. The van der Waals surface area contributed by atoms with Gasteiger partial charge in [-0.3, -0.25) is 4.79 Å². The van der Waals surface area contributed by atoms with Crippen molar-refractivity contribution in [3.05, 3.63) is 88.9 Å². The predicted molar refractivity (Wildman–Crippen MR) is 104 cm³/mol. The van der Waals surface area contributed by atoms with Crippen molar-refractivity contribution in [1.29, 1.82) is 5.26 Å². The fraction of sp³-hybridized carbons (Fsp3) is 0.0870. The number of nitriles is 1. The first kappa shape index (κ1) is 19.8. The Hall–Kier alpha value is -3.98. The second-order valence-electron chi connectivity index (χ2n) is 5.98. The lowest BCUT2D eigenvalue weighted by Gasteiger charge is -2.02. The van der Waals surface area contributed by atoms with Crippen molar-refractivity contribution < 1.29 is 23.1 Å². The van der Waals surface area contributed by atoms with Crippen LogP contribution in [0.15, 0.2) is 70.7 Å². The van der Waals surface area contributed by atoms with E-state index in [-0.39, 0.29) is 16.9 Å². The van der Waals surface area contributed by atoms with Crippen molar-refractivity contribution in [2.24, 2.45) is 0 Å². The molecule has 0 radical (unpaired) electrons. The average Bonchev–Trinajstić information content (AvgIpc) is 3.21. The predicted octanol–water partition coefficient (Wildman–Crippen LogP) is 5.05. The van der Waals surface area contributed by atoms with Crippen molar-refractivity contribution in [2.75, 3.05) is 6.61 Å². The first-order valence-electron chi connectivity index (χ1n) is 8.82. The van der Waals surface area contributed by atoms with Gasteiger partial charge in [-0.2, -0.15) is 5.26 Å². The third-order valence-electron chi connectivity index (χ3n) is 4.08. The summed E-state index contributed by atoms with van der Waals surface area (Å²) in [7, 11) is 0. The highest BCUT2D eigenvalue weighted by Gasteiger charge is 2.17. The Morgan fingerprint density at radius 3 is 2.48 bits per heavy atom. The summed E-state index contributed by atoms with van der Waals surface area (Å²) < 4.78 is 24.4. The van der Waals surface area contributed by atoms with Crippen molar-refractivity contribution in [3.8, 4) is 17.4 Å². The van der Waals surface area contributed by atoms with Gasteiger partial charge in [-0.05, 0) is 43.3 Å². The van der Waals surface area contributed by atoms with Gasteiger partial charge in [0.25, 0.3) is 0 Å². The quantitative estimate of drug-likeness (QED) is 0.255. The van der Waals surface area contributed by atoms with Crippen molar-refractivity contribution in [2.45, 2.75) is 6.92 Å². The van der Waals surface area contributed by atoms with E-state index in [2.05, 4.69) is 0 Å². The molecule has 0 saturated heterocycles. The molecule has 1 aromatic heterocycles. The van der Waals surface area contributed by atoms with E-state index in [4.69, 9.17) is 9.15 Å². The normalized spacial score (nSPS) is 11.0. The Morgan fingerprint density at radius 2 is 1.83 bits per heavy atom. The monoisotopic (exact) mass is 389 g/mol. The van der Waals surface area contributed by atoms with Gasteiger partial charge in [-0.25, -0.2) is 9.18 Å². The number of ketones is 1. The maximum atomic E-state index is 13.8. The van der Waals surface area contributed by atoms with Crippen LogP contribution in [-0.4, -0.2) is 18.4 Å². The van der Waals surface area contributed by atoms with Gasteiger partial charge >= 0.3 is 5.97 Å². The van der Waals surface area contributed by atoms with E-state index >= 15 is 0 Å². The molecule has 0 aliphatic heterocycles. The smallest absolute Gasteiger partial charge is 0.338 e. The van der Waals surface area contributed by atoms with Gasteiger partial charge in [0.15, 0.2) is 0 Å². The van der Waals surface area contributed by atoms with E-state index in [0.29, 0.717) is 23.5 Å². The first-order chi connectivity index (χ1) is 14.0. The van der Waals surface area contributed by atoms with Crippen LogP contribution >= 0.6 is 0 Å². The number of carbonyl (C=O) groups is 2. The lowest BCUT2D eigenvalue weighted by molar-refractivity contribution is 0.0526. The maximum Gasteiger partial charge on any atom is 0.338 e. The molecule has 0 bridgehead atoms. The molecule has 2 aromatic carbocycles. The molecule has 0 aliphatic carbocycles. The number of nitrogens with zero attached hydrogens (tertiary/aromatic N) is 1. The van der Waals surface area contributed by atoms with Crippen molar-refractivity contribution in [3.63, 3.8) is 0 Å². The second-order valence-corrected chi connectivity index (χ2v) is 5.98. The fourth-order valence-corrected chi connectivity index (χ4v) is 2.65. The van der Waals surface area contributed by atoms with E-state index in [1.807, 2.05) is 0 Å². The lowest BCUT2D eigenvalue weighted by atomic mass is 10.0. The zero-order valence-corrected chi connectivity index (χ0v) is 15.5. The van der Waals surface area contributed by atoms with Gasteiger partial charge in [-0.1, -0.05) is 24.3 Å². The molecule has 0 spiro atoms. The standard InChI is InChI=1S/C23H16FNO4/c1-2-28-23(27)16-9-7-15(8-10-16)21-12-11-18(29-21)13-17(14-25)22(26)19-5-3-4-6-20(19)24/h3-13H,2H2,1H3/b17-13+. The van der Waals surface area contributed by atoms with Crippen LogP contribution in [0.5, 0.6) is 0 Å². The molecule has 6 heteroatoms. The zero-order valence-electron chi connectivity index (χ0n) is 15.5. The summed E-state index contributed by atoms with van der Waals surface area (Å²) in [6.45, 7) is 2.03. The third kappa shape index (κ3) is 4.47. The van der Waals surface area contributed by atoms with Gasteiger partial charge in [0.2, 0.25) is 5.78 Å². The first-order valence-corrected chi connectivity index (χ1v) is 8.82. The molecule has 0 amide bonds. The minimum absolute atomic E-state index is 0.179. The number of rotatable bonds is 6. The molecule has 1 heterocycles. The Morgan fingerprint density at radius 1 is 1.10 bits per heavy atom. The highest BCUT2D eigenvalue weighted by Crippen LogP contribution is 2.25. The molecular weight excluding hydrogens is 373 g/mol. The Labute approximate surface area is 166 Å². The van der Waals surface area contributed by atoms with Gasteiger partial charge in [-0.15, -0.1) is 0 Å². The van der Waals surface area contributed by atoms with Crippen LogP contribution in [0.2, 0.25) is 0 Å². The number of allylic oxidation sites excluding steroid dienone is 1. The highest BCUT2D eigenvalue weighted by atomic mass is 19.1. The minimum atomic E-state index is -0.720. The zero-order chi connectivity index (χ0) is 20.8. The summed E-state index contributed by atoms with van der Waals surface area (Å²) in [5.74, 6) is -1.06. The van der Waals surface area contributed by atoms with E-state index in [1.54, 1.807) is 49.4 Å². The molecule has 29 heavy (non-hydrogen) atoms. The number of benzene rings is 2. The van der Waals surface area contributed by atoms with E-state index in [1.165, 1.54) is 24.3 Å². The minimum Gasteiger partial charge on any atom is -0.462 e. The van der Waals surface area contributed by atoms with Crippen molar-refractivity contribution >= 4 is 17.8 Å². The maximum absolute atomic E-state index is 13.8. The summed E-state index contributed by atoms with van der Waals surface area (Å²) in [6, 6.07) is 17.2. The molecule has 0 N–H and O–H groups in total. The number of hydrogen-bond donors (Lipinski definition) is 0. The van der Waals surface area contributed by atoms with Gasteiger partial charge < -0.3 is 9.15 Å². The molecule has 5 nitrogen and oxygen atoms in total. The molecule has 0 fully saturated rings. The molecule has 3 rings (SSSR count). The molecule has 0 unspecified atom stereocenters. The fourth-order valence-electron chi connectivity index (χ4n) is 2.65. The van der Waals surface area contributed by atoms with Gasteiger partial charge in [0.1, 0.15) is 29.0 Å². The number of ether oxygens (including phenoxy) is 1. The molecule has 0 atom stereocenters. The number of furan rings is 1. The summed E-state index contributed by atoms with van der Waals surface area (Å²) >= 11 is 0. The van der Waals surface area contributed by atoms with Crippen molar-refractivity contribution in [1.82, 2.24) is 0 Å². The van der Waals surface area contributed by atoms with E-state index in [0.717, 1.165) is 6.07 Å². The summed E-state index contributed by atoms with van der Waals surface area (Å²) in [4.78, 5) is 24.1. The van der Waals surface area contributed by atoms with E-state index < -0.39 is 17.6 Å². The second kappa shape index (κ2) is 8.81. The molecule has 0 saturated carbocycles. The number of hydrogen-bond acceptors (Lipinski definition) is 5. The summed E-state index contributed by atoms with van der Waals surface area (Å²) in [5, 5.41) is 9.31. The molecule has 144 valence electrons. The Kier molecular flexibility index (Phi) is 6.00. The lowest BCUT2D eigenvalue weighted by Crippen LogP contribution is -2.04. The number of Topliss-reactive ketones (excluding diaryl/α,β-unsaturated/α-hetero) is 1. The van der Waals surface area contributed by atoms with Gasteiger partial charge in [0.05, 0.1) is 17.7 Å². The molecule has 0 aliphatic rings. The number of halogens is 1. The Balaban J connectivity index is 1.83. The van der Waals surface area contributed by atoms with Crippen LogP contribution < -0.4 is 0 Å². The van der Waals surface area contributed by atoms with Crippen LogP contribution in [0.3, 0.4) is 0 Å². The summed E-state index contributed by atoms with van der Waals surface area (Å²) in [5.41, 5.74) is 0.705. The van der Waals surface area contributed by atoms with Crippen LogP contribution in [0.25, 0.3) is 17.4 Å². The number of carbonyl (C=O) groups excluding carboxylic acids is 2. The highest BCUT2D eigenvalue weighted by molar-refractivity contribution is 6.14. The Bertz CT molecular complexity index is 1120. The SMILES string of the molecule is CCOC(=O)c1ccc(-c2ccc(/C=C(\C#N)C(=O)c3ccccc3F)o2)cc1. The average molecular weight is 389 g/mol. The third-order valence-corrected chi connectivity index (χ3v) is 4.08. The summed E-state index contributed by atoms with van der Waals surface area (Å²) in [6.07, 6.45) is 1.27. The topological polar surface area (TPSA) is 80.3 Å². The van der Waals surface area contributed by atoms with Crippen LogP contribution in [0.1, 0.15) is 33.4 Å².